The summed E-state index contributed by atoms with van der Waals surface area (Å²) in [5.74, 6) is 0.0416. The summed E-state index contributed by atoms with van der Waals surface area (Å²) in [6, 6.07) is 16.2. The number of rotatable bonds is 7. The predicted molar refractivity (Wildman–Crippen MR) is 127 cm³/mol. The number of hydrogen-bond donors (Lipinski definition) is 2. The Balaban J connectivity index is 1.39. The minimum Gasteiger partial charge on any atom is -0.481 e. The van der Waals surface area contributed by atoms with Crippen molar-refractivity contribution in [1.82, 2.24) is 15.2 Å². The number of ether oxygens (including phenoxy) is 1. The normalized spacial score (nSPS) is 18.7. The molecule has 1 aromatic carbocycles. The molecule has 4 rings (SSSR count). The third kappa shape index (κ3) is 5.40. The van der Waals surface area contributed by atoms with Gasteiger partial charge < -0.3 is 20.1 Å². The van der Waals surface area contributed by atoms with Crippen LogP contribution in [0.5, 0.6) is 5.75 Å². The number of hydrogen-bond acceptors (Lipinski definition) is 6. The van der Waals surface area contributed by atoms with Crippen LogP contribution in [0, 0.1) is 6.92 Å². The summed E-state index contributed by atoms with van der Waals surface area (Å²) in [5, 5.41) is 15.3. The molecule has 7 nitrogen and oxygen atoms in total. The number of aryl methyl sites for hydroxylation is 1. The van der Waals surface area contributed by atoms with Crippen LogP contribution in [0.2, 0.25) is 0 Å². The zero-order valence-corrected chi connectivity index (χ0v) is 19.4. The molecule has 0 bridgehead atoms. The average Bonchev–Trinajstić information content (AvgIpc) is 3.47. The zero-order chi connectivity index (χ0) is 23.4. The predicted octanol–water partition coefficient (Wildman–Crippen LogP) is 3.28. The third-order valence-corrected chi connectivity index (χ3v) is 6.47. The molecule has 3 heterocycles. The fraction of sp³-hybridized carbons (Fsp3) is 0.320. The maximum absolute atomic E-state index is 13.0. The van der Waals surface area contributed by atoms with Crippen LogP contribution in [-0.2, 0) is 4.79 Å². The highest BCUT2D eigenvalue weighted by Gasteiger charge is 2.37. The van der Waals surface area contributed by atoms with Crippen molar-refractivity contribution in [2.45, 2.75) is 38.5 Å². The second kappa shape index (κ2) is 10.1. The first-order valence-electron chi connectivity index (χ1n) is 11.0. The molecule has 0 spiro atoms. The van der Waals surface area contributed by atoms with Gasteiger partial charge >= 0.3 is 0 Å². The summed E-state index contributed by atoms with van der Waals surface area (Å²) in [6.45, 7) is 4.16. The minimum absolute atomic E-state index is 0.129. The van der Waals surface area contributed by atoms with Gasteiger partial charge in [-0.25, -0.2) is 4.98 Å². The molecule has 2 aromatic heterocycles. The summed E-state index contributed by atoms with van der Waals surface area (Å²) in [4.78, 5) is 32.9. The van der Waals surface area contributed by atoms with Crippen molar-refractivity contribution in [2.75, 3.05) is 13.1 Å². The number of aliphatic hydroxyl groups is 1. The molecule has 1 unspecified atom stereocenters. The minimum atomic E-state index is -0.866. The standard InChI is InChI=1S/C25H27N3O4S/c1-3-22(32-17-8-4-7-16(2)13-17)24(30)27-20-14-28(15-21(20)29)25(31)19-10-5-9-18(26-19)23-11-6-12-33-23/h4-13,20-22,29H,3,14-15H2,1-2H3,(H,27,30)/t20-,21-,22?/m1/s1. The van der Waals surface area contributed by atoms with E-state index in [1.807, 2.05) is 61.7 Å². The average molecular weight is 466 g/mol. The Kier molecular flexibility index (Phi) is 7.05. The molecule has 1 fully saturated rings. The van der Waals surface area contributed by atoms with E-state index in [1.54, 1.807) is 23.5 Å². The topological polar surface area (TPSA) is 91.8 Å². The molecule has 1 aliphatic heterocycles. The first-order chi connectivity index (χ1) is 15.9. The van der Waals surface area contributed by atoms with Gasteiger partial charge in [-0.15, -0.1) is 11.3 Å². The number of amides is 2. The SMILES string of the molecule is CCC(Oc1cccc(C)c1)C(=O)N[C@@H]1CN(C(=O)c2cccc(-c3cccs3)n2)C[C@H]1O. The van der Waals surface area contributed by atoms with Crippen LogP contribution in [0.15, 0.2) is 60.0 Å². The number of aromatic nitrogens is 1. The molecule has 8 heteroatoms. The van der Waals surface area contributed by atoms with Crippen molar-refractivity contribution >= 4 is 23.2 Å². The van der Waals surface area contributed by atoms with E-state index in [0.29, 0.717) is 17.9 Å². The summed E-state index contributed by atoms with van der Waals surface area (Å²) in [6.07, 6.45) is -1.08. The van der Waals surface area contributed by atoms with Crippen LogP contribution in [-0.4, -0.2) is 58.1 Å². The van der Waals surface area contributed by atoms with Gasteiger partial charge in [0.1, 0.15) is 11.4 Å². The van der Waals surface area contributed by atoms with Crippen molar-refractivity contribution in [3.8, 4) is 16.3 Å². The van der Waals surface area contributed by atoms with Crippen LogP contribution in [0.25, 0.3) is 10.6 Å². The molecule has 1 saturated heterocycles. The van der Waals surface area contributed by atoms with E-state index in [9.17, 15) is 14.7 Å². The van der Waals surface area contributed by atoms with E-state index in [2.05, 4.69) is 10.3 Å². The Morgan fingerprint density at radius 2 is 2.03 bits per heavy atom. The first kappa shape index (κ1) is 22.9. The Bertz CT molecular complexity index is 1120. The van der Waals surface area contributed by atoms with Gasteiger partial charge in [-0.2, -0.15) is 0 Å². The number of β-amino-alcohol motifs (C(OH)–C–C–N with tert-alkyl or cyclic N) is 1. The van der Waals surface area contributed by atoms with Gasteiger partial charge in [-0.1, -0.05) is 31.2 Å². The van der Waals surface area contributed by atoms with Crippen molar-refractivity contribution < 1.29 is 19.4 Å². The lowest BCUT2D eigenvalue weighted by Gasteiger charge is -2.21. The summed E-state index contributed by atoms with van der Waals surface area (Å²) >= 11 is 1.56. The Morgan fingerprint density at radius 1 is 1.21 bits per heavy atom. The molecule has 0 aliphatic carbocycles. The number of thiophene rings is 1. The van der Waals surface area contributed by atoms with Crippen molar-refractivity contribution in [1.29, 1.82) is 0 Å². The van der Waals surface area contributed by atoms with Crippen molar-refractivity contribution in [3.05, 3.63) is 71.2 Å². The van der Waals surface area contributed by atoms with Crippen molar-refractivity contribution in [3.63, 3.8) is 0 Å². The van der Waals surface area contributed by atoms with Crippen LogP contribution in [0.1, 0.15) is 29.4 Å². The monoisotopic (exact) mass is 465 g/mol. The Morgan fingerprint density at radius 3 is 2.76 bits per heavy atom. The molecule has 0 radical (unpaired) electrons. The molecule has 2 N–H and O–H groups in total. The van der Waals surface area contributed by atoms with Gasteiger partial charge in [0.15, 0.2) is 6.10 Å². The van der Waals surface area contributed by atoms with Crippen molar-refractivity contribution in [2.24, 2.45) is 0 Å². The highest BCUT2D eigenvalue weighted by molar-refractivity contribution is 7.13. The van der Waals surface area contributed by atoms with Crippen LogP contribution in [0.3, 0.4) is 0 Å². The van der Waals surface area contributed by atoms with E-state index in [-0.39, 0.29) is 24.9 Å². The lowest BCUT2D eigenvalue weighted by atomic mass is 10.2. The van der Waals surface area contributed by atoms with Gasteiger partial charge in [0.25, 0.3) is 11.8 Å². The molecule has 33 heavy (non-hydrogen) atoms. The van der Waals surface area contributed by atoms with E-state index in [0.717, 1.165) is 16.1 Å². The summed E-state index contributed by atoms with van der Waals surface area (Å²) in [7, 11) is 0. The zero-order valence-electron chi connectivity index (χ0n) is 18.6. The highest BCUT2D eigenvalue weighted by atomic mass is 32.1. The Hall–Kier alpha value is -3.23. The highest BCUT2D eigenvalue weighted by Crippen LogP contribution is 2.23. The van der Waals surface area contributed by atoms with E-state index in [1.165, 1.54) is 4.90 Å². The van der Waals surface area contributed by atoms with Crippen LogP contribution >= 0.6 is 11.3 Å². The van der Waals surface area contributed by atoms with E-state index in [4.69, 9.17) is 4.74 Å². The van der Waals surface area contributed by atoms with Crippen LogP contribution < -0.4 is 10.1 Å². The number of nitrogens with zero attached hydrogens (tertiary/aromatic N) is 2. The van der Waals surface area contributed by atoms with Gasteiger partial charge in [0.05, 0.1) is 22.7 Å². The maximum atomic E-state index is 13.0. The quantitative estimate of drug-likeness (QED) is 0.559. The second-order valence-electron chi connectivity index (χ2n) is 8.11. The number of nitrogens with one attached hydrogen (secondary N) is 1. The van der Waals surface area contributed by atoms with Crippen LogP contribution in [0.4, 0.5) is 0 Å². The molecular formula is C25H27N3O4S. The number of likely N-dealkylation sites (tertiary alicyclic amines) is 1. The fourth-order valence-corrected chi connectivity index (χ4v) is 4.52. The molecule has 2 amide bonds. The second-order valence-corrected chi connectivity index (χ2v) is 9.06. The van der Waals surface area contributed by atoms with Gasteiger partial charge in [-0.3, -0.25) is 9.59 Å². The number of pyridine rings is 1. The number of carbonyl (C=O) groups is 2. The molecule has 3 atom stereocenters. The largest absolute Gasteiger partial charge is 0.481 e. The number of aliphatic hydroxyl groups excluding tert-OH is 1. The smallest absolute Gasteiger partial charge is 0.272 e. The van der Waals surface area contributed by atoms with E-state index >= 15 is 0 Å². The third-order valence-electron chi connectivity index (χ3n) is 5.58. The Labute approximate surface area is 197 Å². The first-order valence-corrected chi connectivity index (χ1v) is 11.8. The van der Waals surface area contributed by atoms with E-state index < -0.39 is 18.2 Å². The molecule has 172 valence electrons. The number of benzene rings is 1. The molecule has 3 aromatic rings. The molecule has 1 aliphatic rings. The summed E-state index contributed by atoms with van der Waals surface area (Å²) in [5.41, 5.74) is 2.09. The van der Waals surface area contributed by atoms with Gasteiger partial charge in [0.2, 0.25) is 0 Å². The maximum Gasteiger partial charge on any atom is 0.272 e. The number of carbonyl (C=O) groups excluding carboxylic acids is 2. The lowest BCUT2D eigenvalue weighted by molar-refractivity contribution is -0.129. The molecular weight excluding hydrogens is 438 g/mol. The fourth-order valence-electron chi connectivity index (χ4n) is 3.82. The summed E-state index contributed by atoms with van der Waals surface area (Å²) < 4.78 is 5.86. The lowest BCUT2D eigenvalue weighted by Crippen LogP contribution is -2.48. The van der Waals surface area contributed by atoms with Gasteiger partial charge in [0, 0.05) is 13.1 Å². The van der Waals surface area contributed by atoms with Gasteiger partial charge in [-0.05, 0) is 54.6 Å². The molecule has 0 saturated carbocycles.